The average molecular weight is 674 g/mol. The van der Waals surface area contributed by atoms with Gasteiger partial charge in [0.25, 0.3) is 0 Å². The van der Waals surface area contributed by atoms with Gasteiger partial charge in [-0.2, -0.15) is 0 Å². The van der Waals surface area contributed by atoms with Gasteiger partial charge in [0.2, 0.25) is 10.0 Å². The summed E-state index contributed by atoms with van der Waals surface area (Å²) in [5, 5.41) is 8.04. The van der Waals surface area contributed by atoms with Crippen molar-refractivity contribution >= 4 is 28.9 Å². The third-order valence-corrected chi connectivity index (χ3v) is 11.4. The van der Waals surface area contributed by atoms with E-state index >= 15 is 0 Å². The molecule has 2 heterocycles. The second kappa shape index (κ2) is 13.2. The van der Waals surface area contributed by atoms with Gasteiger partial charge in [-0.05, 0) is 75.8 Å². The molecule has 0 spiro atoms. The molecule has 2 aromatic rings. The SMILES string of the molecule is COc1c(C[C@H](CC(=O)Cn2cc(CNS(=O)(=O)CCN)nn2)B2O[C@@H]3C[C@@H]4C[C@@H](C4(C)C)[C@]3(C)O2)cccc1C(=O)OC(C)(C)C. The van der Waals surface area contributed by atoms with E-state index in [0.29, 0.717) is 35.3 Å². The van der Waals surface area contributed by atoms with E-state index in [0.717, 1.165) is 18.4 Å². The first kappa shape index (κ1) is 35.5. The quantitative estimate of drug-likeness (QED) is 0.223. The number of esters is 1. The Bertz CT molecular complexity index is 1590. The monoisotopic (exact) mass is 673 g/mol. The molecule has 5 atom stereocenters. The van der Waals surface area contributed by atoms with Crippen molar-refractivity contribution in [1.29, 1.82) is 0 Å². The Balaban J connectivity index is 1.36. The van der Waals surface area contributed by atoms with Crippen molar-refractivity contribution in [3.05, 3.63) is 41.2 Å². The van der Waals surface area contributed by atoms with Crippen molar-refractivity contribution < 1.29 is 36.8 Å². The molecule has 6 rings (SSSR count). The lowest BCUT2D eigenvalue weighted by Gasteiger charge is -2.64. The average Bonchev–Trinajstić information content (AvgIpc) is 3.57. The summed E-state index contributed by atoms with van der Waals surface area (Å²) in [6.45, 7) is 12.0. The third-order valence-electron chi connectivity index (χ3n) is 10.0. The number of carbonyl (C=O) groups excluding carboxylic acids is 2. The van der Waals surface area contributed by atoms with Gasteiger partial charge in [-0.1, -0.05) is 31.2 Å². The summed E-state index contributed by atoms with van der Waals surface area (Å²) in [6.07, 6.45) is 3.93. The lowest BCUT2D eigenvalue weighted by atomic mass is 9.43. The number of sulfonamides is 1. The van der Waals surface area contributed by atoms with E-state index in [9.17, 15) is 18.0 Å². The Kier molecular flexibility index (Phi) is 9.98. The van der Waals surface area contributed by atoms with Gasteiger partial charge in [0, 0.05) is 18.8 Å². The number of nitrogens with one attached hydrogen (secondary N) is 1. The summed E-state index contributed by atoms with van der Waals surface area (Å²) in [7, 11) is -2.67. The molecule has 258 valence electrons. The van der Waals surface area contributed by atoms with Gasteiger partial charge in [0.1, 0.15) is 23.5 Å². The number of nitrogens with zero attached hydrogens (tertiary/aromatic N) is 3. The van der Waals surface area contributed by atoms with Crippen LogP contribution in [-0.2, 0) is 48.4 Å². The Morgan fingerprint density at radius 3 is 2.64 bits per heavy atom. The molecule has 1 aromatic heterocycles. The molecule has 1 aliphatic heterocycles. The number of hydrogen-bond acceptors (Lipinski definition) is 11. The van der Waals surface area contributed by atoms with Crippen LogP contribution in [-0.4, -0.2) is 79.0 Å². The number of benzene rings is 1. The second-order valence-corrected chi connectivity index (χ2v) is 16.8. The molecule has 1 saturated heterocycles. The van der Waals surface area contributed by atoms with Gasteiger partial charge >= 0.3 is 13.1 Å². The smallest absolute Gasteiger partial charge is 0.461 e. The summed E-state index contributed by atoms with van der Waals surface area (Å²) in [6, 6.07) is 5.33. The minimum absolute atomic E-state index is 0.00217. The zero-order valence-electron chi connectivity index (χ0n) is 28.4. The van der Waals surface area contributed by atoms with Crippen molar-refractivity contribution in [2.75, 3.05) is 19.4 Å². The molecule has 15 heteroatoms. The molecule has 1 aromatic carbocycles. The van der Waals surface area contributed by atoms with Crippen LogP contribution in [0.5, 0.6) is 5.75 Å². The summed E-state index contributed by atoms with van der Waals surface area (Å²) in [5.41, 5.74) is 5.78. The molecule has 47 heavy (non-hydrogen) atoms. The van der Waals surface area contributed by atoms with E-state index in [2.05, 4.69) is 35.8 Å². The third kappa shape index (κ3) is 7.59. The number of carbonyl (C=O) groups is 2. The van der Waals surface area contributed by atoms with E-state index in [1.807, 2.05) is 26.8 Å². The first-order valence-electron chi connectivity index (χ1n) is 16.3. The van der Waals surface area contributed by atoms with Gasteiger partial charge in [0.05, 0.1) is 43.0 Å². The maximum absolute atomic E-state index is 13.6. The molecule has 0 amide bonds. The summed E-state index contributed by atoms with van der Waals surface area (Å²) in [5.74, 6) is 0.0813. The van der Waals surface area contributed by atoms with Crippen LogP contribution in [0.25, 0.3) is 0 Å². The van der Waals surface area contributed by atoms with Crippen LogP contribution >= 0.6 is 0 Å². The number of ether oxygens (including phenoxy) is 2. The standard InChI is InChI=1S/C32H48BN5O8S/c1-30(2,3)44-29(40)25-10-8-9-20(28(25)43-7)13-22(33-45-27-15-21-14-26(31(21,4)5)32(27,6)46-33)16-24(39)19-38-18-23(36-37-38)17-35-47(41,42)12-11-34/h8-10,18,21-22,26-27,35H,11-17,19,34H2,1-7H3/t21-,22+,26-,27+,32-/m0/s1. The summed E-state index contributed by atoms with van der Waals surface area (Å²) >= 11 is 0. The Hall–Kier alpha value is -2.85. The number of para-hydroxylation sites is 1. The molecule has 0 unspecified atom stereocenters. The summed E-state index contributed by atoms with van der Waals surface area (Å²) in [4.78, 5) is 26.7. The minimum Gasteiger partial charge on any atom is -0.496 e. The zero-order chi connectivity index (χ0) is 34.4. The van der Waals surface area contributed by atoms with Crippen molar-refractivity contribution in [1.82, 2.24) is 19.7 Å². The van der Waals surface area contributed by atoms with E-state index < -0.39 is 40.1 Å². The number of hydrogen-bond donors (Lipinski definition) is 2. The fourth-order valence-corrected chi connectivity index (χ4v) is 8.40. The highest BCUT2D eigenvalue weighted by Gasteiger charge is 2.68. The lowest BCUT2D eigenvalue weighted by molar-refractivity contribution is -0.199. The van der Waals surface area contributed by atoms with Crippen LogP contribution in [0.3, 0.4) is 0 Å². The van der Waals surface area contributed by atoms with Crippen LogP contribution in [0, 0.1) is 17.3 Å². The molecule has 3 aliphatic carbocycles. The number of Topliss-reactive ketones (excluding diaryl/α,β-unsaturated/α-hetero) is 1. The van der Waals surface area contributed by atoms with Gasteiger partial charge in [0.15, 0.2) is 5.78 Å². The van der Waals surface area contributed by atoms with Crippen molar-refractivity contribution in [2.45, 2.75) is 103 Å². The van der Waals surface area contributed by atoms with E-state index in [-0.39, 0.29) is 49.1 Å². The van der Waals surface area contributed by atoms with Gasteiger partial charge in [-0.15, -0.1) is 5.10 Å². The molecule has 4 fully saturated rings. The highest BCUT2D eigenvalue weighted by molar-refractivity contribution is 7.89. The number of rotatable bonds is 14. The normalized spacial score (nSPS) is 25.5. The van der Waals surface area contributed by atoms with Crippen LogP contribution in [0.15, 0.2) is 24.4 Å². The number of aromatic nitrogens is 3. The van der Waals surface area contributed by atoms with Crippen molar-refractivity contribution in [3.63, 3.8) is 0 Å². The van der Waals surface area contributed by atoms with Crippen LogP contribution in [0.1, 0.15) is 82.4 Å². The van der Waals surface area contributed by atoms with E-state index in [1.54, 1.807) is 18.3 Å². The first-order valence-corrected chi connectivity index (χ1v) is 17.9. The molecule has 13 nitrogen and oxygen atoms in total. The number of ketones is 1. The zero-order valence-corrected chi connectivity index (χ0v) is 29.3. The van der Waals surface area contributed by atoms with Crippen molar-refractivity contribution in [3.8, 4) is 5.75 Å². The Morgan fingerprint density at radius 1 is 1.23 bits per heavy atom. The van der Waals surface area contributed by atoms with E-state index in [1.165, 1.54) is 11.8 Å². The van der Waals surface area contributed by atoms with E-state index in [4.69, 9.17) is 24.5 Å². The van der Waals surface area contributed by atoms with Crippen molar-refractivity contribution in [2.24, 2.45) is 23.0 Å². The second-order valence-electron chi connectivity index (χ2n) is 14.9. The highest BCUT2D eigenvalue weighted by atomic mass is 32.2. The first-order chi connectivity index (χ1) is 22.0. The predicted octanol–water partition coefficient (Wildman–Crippen LogP) is 2.92. The molecule has 4 aliphatic rings. The van der Waals surface area contributed by atoms with Gasteiger partial charge in [-0.25, -0.2) is 22.6 Å². The highest BCUT2D eigenvalue weighted by Crippen LogP contribution is 2.66. The maximum atomic E-state index is 13.6. The minimum atomic E-state index is -3.53. The summed E-state index contributed by atoms with van der Waals surface area (Å²) < 4.78 is 52.6. The number of nitrogens with two attached hydrogens (primary N) is 1. The molecule has 3 N–H and O–H groups in total. The topological polar surface area (TPSA) is 174 Å². The molecular weight excluding hydrogens is 625 g/mol. The van der Waals surface area contributed by atoms with Gasteiger partial charge < -0.3 is 24.5 Å². The molecule has 2 bridgehead atoms. The molecular formula is C32H48BN5O8S. The Labute approximate surface area is 277 Å². The molecule has 3 saturated carbocycles. The largest absolute Gasteiger partial charge is 0.496 e. The fraction of sp³-hybridized carbons (Fsp3) is 0.688. The van der Waals surface area contributed by atoms with Crippen LogP contribution in [0.4, 0.5) is 0 Å². The maximum Gasteiger partial charge on any atom is 0.461 e. The van der Waals surface area contributed by atoms with Gasteiger partial charge in [-0.3, -0.25) is 4.79 Å². The molecule has 0 radical (unpaired) electrons. The number of methoxy groups -OCH3 is 1. The van der Waals surface area contributed by atoms with Crippen LogP contribution in [0.2, 0.25) is 5.82 Å². The predicted molar refractivity (Wildman–Crippen MR) is 175 cm³/mol. The fourth-order valence-electron chi connectivity index (χ4n) is 7.57. The Morgan fingerprint density at radius 2 is 1.98 bits per heavy atom. The lowest BCUT2D eigenvalue weighted by Crippen LogP contribution is -2.65. The van der Waals surface area contributed by atoms with Crippen LogP contribution < -0.4 is 15.2 Å².